The van der Waals surface area contributed by atoms with Crippen LogP contribution >= 0.6 is 12.2 Å². The van der Waals surface area contributed by atoms with Gasteiger partial charge >= 0.3 is 0 Å². The van der Waals surface area contributed by atoms with Crippen molar-refractivity contribution in [3.05, 3.63) is 95.6 Å². The molecule has 0 aliphatic heterocycles. The lowest BCUT2D eigenvalue weighted by Crippen LogP contribution is -2.48. The maximum Gasteiger partial charge on any atom is 0.269 e. The number of carbonyl (C=O) groups is 2. The Hall–Kier alpha value is -3.91. The van der Waals surface area contributed by atoms with Crippen molar-refractivity contribution in [3.63, 3.8) is 0 Å². The zero-order chi connectivity index (χ0) is 24.2. The van der Waals surface area contributed by atoms with E-state index in [2.05, 4.69) is 23.1 Å². The van der Waals surface area contributed by atoms with E-state index in [9.17, 15) is 9.59 Å². The Morgan fingerprint density at radius 1 is 0.765 bits per heavy atom. The molecule has 0 saturated heterocycles. The number of hydrogen-bond acceptors (Lipinski definition) is 5. The van der Waals surface area contributed by atoms with Crippen LogP contribution in [0.25, 0.3) is 0 Å². The minimum Gasteiger partial charge on any atom is -0.494 e. The molecule has 0 heterocycles. The molecule has 176 valence electrons. The lowest BCUT2D eigenvalue weighted by Gasteiger charge is -2.12. The van der Waals surface area contributed by atoms with Gasteiger partial charge in [0, 0.05) is 11.1 Å². The SMILES string of the molecule is CCCCOc1ccc(C(=O)NC(=S)NNC(=O)c2ccc(OCc3ccccc3)cc2)cc1. The van der Waals surface area contributed by atoms with Gasteiger partial charge < -0.3 is 9.47 Å². The second-order valence-corrected chi connectivity index (χ2v) is 7.80. The van der Waals surface area contributed by atoms with Crippen LogP contribution in [-0.4, -0.2) is 23.5 Å². The Kier molecular flexibility index (Phi) is 9.42. The number of rotatable bonds is 9. The summed E-state index contributed by atoms with van der Waals surface area (Å²) in [6.07, 6.45) is 2.02. The number of unbranched alkanes of at least 4 members (excludes halogenated alkanes) is 1. The van der Waals surface area contributed by atoms with Gasteiger partial charge in [-0.25, -0.2) is 0 Å². The molecular formula is C26H27N3O4S. The number of hydrogen-bond donors (Lipinski definition) is 3. The fourth-order valence-electron chi connectivity index (χ4n) is 2.87. The molecule has 0 radical (unpaired) electrons. The summed E-state index contributed by atoms with van der Waals surface area (Å²) in [5.74, 6) is 0.555. The van der Waals surface area contributed by atoms with Crippen LogP contribution < -0.4 is 25.6 Å². The van der Waals surface area contributed by atoms with Gasteiger partial charge in [0.15, 0.2) is 5.11 Å². The van der Waals surface area contributed by atoms with E-state index in [4.69, 9.17) is 21.7 Å². The highest BCUT2D eigenvalue weighted by molar-refractivity contribution is 7.80. The smallest absolute Gasteiger partial charge is 0.269 e. The van der Waals surface area contributed by atoms with Crippen LogP contribution in [0.4, 0.5) is 0 Å². The maximum absolute atomic E-state index is 12.3. The first-order chi connectivity index (χ1) is 16.5. The Bertz CT molecular complexity index is 1090. The molecule has 0 saturated carbocycles. The summed E-state index contributed by atoms with van der Waals surface area (Å²) in [5.41, 5.74) is 6.88. The van der Waals surface area contributed by atoms with Gasteiger partial charge in [-0.15, -0.1) is 0 Å². The van der Waals surface area contributed by atoms with E-state index >= 15 is 0 Å². The van der Waals surface area contributed by atoms with Crippen molar-refractivity contribution in [3.8, 4) is 11.5 Å². The summed E-state index contributed by atoms with van der Waals surface area (Å²) in [6.45, 7) is 3.17. The van der Waals surface area contributed by atoms with Crippen LogP contribution in [0.5, 0.6) is 11.5 Å². The lowest BCUT2D eigenvalue weighted by molar-refractivity contribution is 0.0934. The molecule has 0 unspecified atom stereocenters. The van der Waals surface area contributed by atoms with Gasteiger partial charge in [-0.05, 0) is 72.7 Å². The molecule has 34 heavy (non-hydrogen) atoms. The van der Waals surface area contributed by atoms with Crippen molar-refractivity contribution < 1.29 is 19.1 Å². The average Bonchev–Trinajstić information content (AvgIpc) is 2.87. The molecule has 3 aromatic rings. The zero-order valence-corrected chi connectivity index (χ0v) is 19.7. The van der Waals surface area contributed by atoms with Crippen molar-refractivity contribution in [1.82, 2.24) is 16.2 Å². The van der Waals surface area contributed by atoms with Crippen molar-refractivity contribution >= 4 is 29.1 Å². The van der Waals surface area contributed by atoms with E-state index in [0.29, 0.717) is 35.8 Å². The van der Waals surface area contributed by atoms with Crippen LogP contribution in [0, 0.1) is 0 Å². The van der Waals surface area contributed by atoms with Crippen LogP contribution in [0.3, 0.4) is 0 Å². The van der Waals surface area contributed by atoms with Gasteiger partial charge in [-0.1, -0.05) is 43.7 Å². The third-order valence-corrected chi connectivity index (χ3v) is 4.97. The molecule has 3 N–H and O–H groups in total. The Morgan fingerprint density at radius 3 is 1.97 bits per heavy atom. The molecule has 8 heteroatoms. The van der Waals surface area contributed by atoms with E-state index in [-0.39, 0.29) is 5.11 Å². The number of thiocarbonyl (C=S) groups is 1. The first-order valence-corrected chi connectivity index (χ1v) is 11.4. The van der Waals surface area contributed by atoms with Gasteiger partial charge in [0.25, 0.3) is 11.8 Å². The summed E-state index contributed by atoms with van der Waals surface area (Å²) >= 11 is 5.09. The highest BCUT2D eigenvalue weighted by Crippen LogP contribution is 2.15. The Labute approximate surface area is 204 Å². The highest BCUT2D eigenvalue weighted by Gasteiger charge is 2.10. The molecule has 3 aromatic carbocycles. The number of amides is 2. The van der Waals surface area contributed by atoms with E-state index in [1.807, 2.05) is 30.3 Å². The summed E-state index contributed by atoms with van der Waals surface area (Å²) in [7, 11) is 0. The summed E-state index contributed by atoms with van der Waals surface area (Å²) in [6, 6.07) is 23.3. The molecule has 0 aliphatic rings. The van der Waals surface area contributed by atoms with Crippen molar-refractivity contribution in [2.45, 2.75) is 26.4 Å². The maximum atomic E-state index is 12.3. The van der Waals surface area contributed by atoms with Crippen molar-refractivity contribution in [1.29, 1.82) is 0 Å². The fourth-order valence-corrected chi connectivity index (χ4v) is 3.02. The van der Waals surface area contributed by atoms with E-state index in [0.717, 1.165) is 18.4 Å². The topological polar surface area (TPSA) is 88.7 Å². The molecule has 0 bridgehead atoms. The molecule has 0 fully saturated rings. The minimum atomic E-state index is -0.403. The Balaban J connectivity index is 1.41. The van der Waals surface area contributed by atoms with Gasteiger partial charge in [0.1, 0.15) is 18.1 Å². The lowest BCUT2D eigenvalue weighted by atomic mass is 10.2. The molecule has 0 spiro atoms. The molecular weight excluding hydrogens is 450 g/mol. The number of nitrogens with one attached hydrogen (secondary N) is 3. The molecule has 0 aliphatic carbocycles. The summed E-state index contributed by atoms with van der Waals surface area (Å²) in [5, 5.41) is 2.50. The van der Waals surface area contributed by atoms with Crippen molar-refractivity contribution in [2.24, 2.45) is 0 Å². The van der Waals surface area contributed by atoms with E-state index in [1.54, 1.807) is 48.5 Å². The second kappa shape index (κ2) is 13.0. The molecule has 2 amide bonds. The van der Waals surface area contributed by atoms with Crippen LogP contribution in [-0.2, 0) is 6.61 Å². The van der Waals surface area contributed by atoms with Crippen LogP contribution in [0.2, 0.25) is 0 Å². The third-order valence-electron chi connectivity index (χ3n) is 4.76. The van der Waals surface area contributed by atoms with Gasteiger partial charge in [0.2, 0.25) is 0 Å². The van der Waals surface area contributed by atoms with Gasteiger partial charge in [0.05, 0.1) is 6.61 Å². The molecule has 3 rings (SSSR count). The largest absolute Gasteiger partial charge is 0.494 e. The summed E-state index contributed by atoms with van der Waals surface area (Å²) < 4.78 is 11.3. The second-order valence-electron chi connectivity index (χ2n) is 7.39. The zero-order valence-electron chi connectivity index (χ0n) is 18.9. The van der Waals surface area contributed by atoms with Crippen molar-refractivity contribution in [2.75, 3.05) is 6.61 Å². The molecule has 7 nitrogen and oxygen atoms in total. The van der Waals surface area contributed by atoms with E-state index in [1.165, 1.54) is 0 Å². The number of benzene rings is 3. The highest BCUT2D eigenvalue weighted by atomic mass is 32.1. The number of hydrazine groups is 1. The number of ether oxygens (including phenoxy) is 2. The molecule has 0 aromatic heterocycles. The third kappa shape index (κ3) is 7.90. The van der Waals surface area contributed by atoms with Gasteiger partial charge in [-0.3, -0.25) is 25.8 Å². The van der Waals surface area contributed by atoms with Crippen LogP contribution in [0.1, 0.15) is 46.0 Å². The standard InChI is InChI=1S/C26H27N3O4S/c1-2-3-17-32-22-13-9-20(10-14-22)24(30)27-26(34)29-28-25(31)21-11-15-23(16-12-21)33-18-19-7-5-4-6-8-19/h4-16H,2-3,17-18H2,1H3,(H,28,31)(H2,27,29,30,34). The first-order valence-electron chi connectivity index (χ1n) is 11.0. The minimum absolute atomic E-state index is 0.0237. The predicted molar refractivity (Wildman–Crippen MR) is 135 cm³/mol. The average molecular weight is 478 g/mol. The number of carbonyl (C=O) groups excluding carboxylic acids is 2. The fraction of sp³-hybridized carbons (Fsp3) is 0.192. The normalized spacial score (nSPS) is 10.1. The first kappa shape index (κ1) is 24.7. The predicted octanol–water partition coefficient (Wildman–Crippen LogP) is 4.39. The van der Waals surface area contributed by atoms with Crippen LogP contribution in [0.15, 0.2) is 78.9 Å². The van der Waals surface area contributed by atoms with Gasteiger partial charge in [-0.2, -0.15) is 0 Å². The quantitative estimate of drug-likeness (QED) is 0.241. The Morgan fingerprint density at radius 2 is 1.35 bits per heavy atom. The van der Waals surface area contributed by atoms with E-state index < -0.39 is 11.8 Å². The monoisotopic (exact) mass is 477 g/mol. The molecule has 0 atom stereocenters. The summed E-state index contributed by atoms with van der Waals surface area (Å²) in [4.78, 5) is 24.7.